The zero-order valence-corrected chi connectivity index (χ0v) is 17.1. The summed E-state index contributed by atoms with van der Waals surface area (Å²) in [5.74, 6) is 1.35. The van der Waals surface area contributed by atoms with Crippen LogP contribution in [0.3, 0.4) is 0 Å². The number of nitrogens with zero attached hydrogens (tertiary/aromatic N) is 2. The van der Waals surface area contributed by atoms with E-state index in [4.69, 9.17) is 20.3 Å². The SMILES string of the molecule is C=C(O/C=C\C(C)CC)c1cccc(-c2nnc(Nc3ccc(N)c(C=N)c3)o2)c1. The number of nitrogen functional groups attached to an aromatic ring is 1. The summed E-state index contributed by atoms with van der Waals surface area (Å²) in [6, 6.07) is 13.0. The van der Waals surface area contributed by atoms with E-state index in [0.29, 0.717) is 34.5 Å². The van der Waals surface area contributed by atoms with Gasteiger partial charge in [-0.05, 0) is 48.7 Å². The van der Waals surface area contributed by atoms with Gasteiger partial charge in [0.1, 0.15) is 5.76 Å². The molecule has 0 spiro atoms. The van der Waals surface area contributed by atoms with Gasteiger partial charge in [0.25, 0.3) is 0 Å². The molecule has 1 heterocycles. The molecule has 3 rings (SSSR count). The number of anilines is 3. The maximum absolute atomic E-state index is 7.40. The molecule has 154 valence electrons. The second kappa shape index (κ2) is 9.56. The quantitative estimate of drug-likeness (QED) is 0.243. The minimum atomic E-state index is 0.239. The van der Waals surface area contributed by atoms with Crippen molar-refractivity contribution in [2.75, 3.05) is 11.1 Å². The molecule has 3 aromatic rings. The monoisotopic (exact) mass is 403 g/mol. The first kappa shape index (κ1) is 20.9. The van der Waals surface area contributed by atoms with Crippen LogP contribution < -0.4 is 11.1 Å². The molecule has 0 aliphatic heterocycles. The van der Waals surface area contributed by atoms with Crippen molar-refractivity contribution in [2.24, 2.45) is 5.92 Å². The molecule has 1 atom stereocenters. The lowest BCUT2D eigenvalue weighted by Crippen LogP contribution is -1.96. The van der Waals surface area contributed by atoms with Crippen molar-refractivity contribution in [3.8, 4) is 11.5 Å². The Labute approximate surface area is 175 Å². The molecule has 4 N–H and O–H groups in total. The Bertz CT molecular complexity index is 1070. The highest BCUT2D eigenvalue weighted by Gasteiger charge is 2.11. The number of allylic oxidation sites excluding steroid dienone is 1. The first-order valence-electron chi connectivity index (χ1n) is 9.63. The predicted molar refractivity (Wildman–Crippen MR) is 120 cm³/mol. The summed E-state index contributed by atoms with van der Waals surface area (Å²) in [6.07, 6.45) is 5.92. The molecular formula is C23H25N5O2. The lowest BCUT2D eigenvalue weighted by molar-refractivity contribution is 0.431. The summed E-state index contributed by atoms with van der Waals surface area (Å²) >= 11 is 0. The van der Waals surface area contributed by atoms with Crippen LogP contribution in [0.4, 0.5) is 17.4 Å². The fourth-order valence-electron chi connectivity index (χ4n) is 2.58. The zero-order chi connectivity index (χ0) is 21.5. The van der Waals surface area contributed by atoms with Crippen LogP contribution in [0.15, 0.2) is 65.8 Å². The molecule has 1 aromatic heterocycles. The Morgan fingerprint density at radius 1 is 1.30 bits per heavy atom. The smallest absolute Gasteiger partial charge is 0.320 e. The van der Waals surface area contributed by atoms with Gasteiger partial charge in [0.05, 0.1) is 6.26 Å². The van der Waals surface area contributed by atoms with E-state index in [0.717, 1.165) is 17.5 Å². The maximum Gasteiger partial charge on any atom is 0.320 e. The average Bonchev–Trinajstić information content (AvgIpc) is 3.23. The van der Waals surface area contributed by atoms with E-state index < -0.39 is 0 Å². The number of ether oxygens (including phenoxy) is 1. The Morgan fingerprint density at radius 3 is 2.90 bits per heavy atom. The van der Waals surface area contributed by atoms with Gasteiger partial charge in [0.15, 0.2) is 0 Å². The zero-order valence-electron chi connectivity index (χ0n) is 17.1. The molecule has 0 saturated heterocycles. The molecule has 0 aliphatic carbocycles. The third kappa shape index (κ3) is 5.14. The lowest BCUT2D eigenvalue weighted by Gasteiger charge is -2.07. The molecule has 7 heteroatoms. The molecule has 2 aromatic carbocycles. The van der Waals surface area contributed by atoms with Crippen molar-refractivity contribution >= 4 is 29.4 Å². The molecule has 30 heavy (non-hydrogen) atoms. The normalized spacial score (nSPS) is 11.9. The second-order valence-electron chi connectivity index (χ2n) is 6.86. The predicted octanol–water partition coefficient (Wildman–Crippen LogP) is 5.61. The van der Waals surface area contributed by atoms with Crippen LogP contribution in [-0.2, 0) is 4.74 Å². The Kier molecular flexibility index (Phi) is 6.64. The van der Waals surface area contributed by atoms with E-state index in [1.165, 1.54) is 6.21 Å². The summed E-state index contributed by atoms with van der Waals surface area (Å²) in [5, 5.41) is 18.6. The van der Waals surface area contributed by atoms with Gasteiger partial charge < -0.3 is 25.6 Å². The van der Waals surface area contributed by atoms with Gasteiger partial charge in [-0.1, -0.05) is 37.7 Å². The summed E-state index contributed by atoms with van der Waals surface area (Å²) in [6.45, 7) is 8.24. The lowest BCUT2D eigenvalue weighted by atomic mass is 10.1. The third-order valence-corrected chi connectivity index (χ3v) is 4.61. The summed E-state index contributed by atoms with van der Waals surface area (Å²) < 4.78 is 11.4. The first-order valence-corrected chi connectivity index (χ1v) is 9.63. The average molecular weight is 403 g/mol. The van der Waals surface area contributed by atoms with Crippen molar-refractivity contribution in [1.29, 1.82) is 5.41 Å². The van der Waals surface area contributed by atoms with E-state index in [2.05, 4.69) is 35.9 Å². The van der Waals surface area contributed by atoms with Gasteiger partial charge in [-0.2, -0.15) is 0 Å². The van der Waals surface area contributed by atoms with E-state index in [1.807, 2.05) is 30.3 Å². The summed E-state index contributed by atoms with van der Waals surface area (Å²) in [7, 11) is 0. The second-order valence-corrected chi connectivity index (χ2v) is 6.86. The van der Waals surface area contributed by atoms with Crippen LogP contribution in [0.2, 0.25) is 0 Å². The number of nitrogens with one attached hydrogen (secondary N) is 2. The summed E-state index contributed by atoms with van der Waals surface area (Å²) in [5.41, 5.74) is 9.21. The molecule has 0 bridgehead atoms. The van der Waals surface area contributed by atoms with Gasteiger partial charge in [-0.25, -0.2) is 0 Å². The van der Waals surface area contributed by atoms with Gasteiger partial charge in [-0.3, -0.25) is 0 Å². The number of benzene rings is 2. The van der Waals surface area contributed by atoms with Crippen molar-refractivity contribution in [2.45, 2.75) is 20.3 Å². The van der Waals surface area contributed by atoms with E-state index >= 15 is 0 Å². The Hall–Kier alpha value is -3.87. The van der Waals surface area contributed by atoms with Crippen molar-refractivity contribution < 1.29 is 9.15 Å². The van der Waals surface area contributed by atoms with Crippen LogP contribution in [0, 0.1) is 11.3 Å². The van der Waals surface area contributed by atoms with Crippen molar-refractivity contribution in [3.05, 3.63) is 72.5 Å². The number of rotatable bonds is 9. The van der Waals surface area contributed by atoms with Crippen LogP contribution in [0.25, 0.3) is 17.2 Å². The Balaban J connectivity index is 1.72. The molecule has 0 radical (unpaired) electrons. The fraction of sp³-hybridized carbons (Fsp3) is 0.174. The molecule has 0 amide bonds. The molecule has 0 saturated carbocycles. The topological polar surface area (TPSA) is 110 Å². The Morgan fingerprint density at radius 2 is 2.13 bits per heavy atom. The van der Waals surface area contributed by atoms with Crippen LogP contribution in [0.5, 0.6) is 0 Å². The van der Waals surface area contributed by atoms with Crippen molar-refractivity contribution in [3.63, 3.8) is 0 Å². The highest BCUT2D eigenvalue weighted by molar-refractivity contribution is 5.87. The van der Waals surface area contributed by atoms with Gasteiger partial charge in [0, 0.05) is 34.3 Å². The molecule has 7 nitrogen and oxygen atoms in total. The largest absolute Gasteiger partial charge is 0.465 e. The van der Waals surface area contributed by atoms with Crippen molar-refractivity contribution in [1.82, 2.24) is 10.2 Å². The number of hydrogen-bond acceptors (Lipinski definition) is 7. The molecule has 1 unspecified atom stereocenters. The van der Waals surface area contributed by atoms with E-state index in [9.17, 15) is 0 Å². The number of hydrogen-bond donors (Lipinski definition) is 3. The van der Waals surface area contributed by atoms with E-state index in [1.54, 1.807) is 24.5 Å². The highest BCUT2D eigenvalue weighted by Crippen LogP contribution is 2.26. The van der Waals surface area contributed by atoms with Gasteiger partial charge in [0.2, 0.25) is 5.89 Å². The van der Waals surface area contributed by atoms with Gasteiger partial charge in [-0.15, -0.1) is 5.10 Å². The fourth-order valence-corrected chi connectivity index (χ4v) is 2.58. The van der Waals surface area contributed by atoms with Crippen LogP contribution in [0.1, 0.15) is 31.4 Å². The standard InChI is InChI=1S/C23H25N5O2/c1-4-15(2)10-11-29-16(3)17-6-5-7-18(12-17)22-27-28-23(30-22)26-20-8-9-21(25)19(13-20)14-24/h5-15,24H,3-4,25H2,1-2H3,(H,26,28)/b11-10-,24-14?. The van der Waals surface area contributed by atoms with Crippen LogP contribution in [-0.4, -0.2) is 16.4 Å². The summed E-state index contributed by atoms with van der Waals surface area (Å²) in [4.78, 5) is 0. The van der Waals surface area contributed by atoms with Crippen LogP contribution >= 0.6 is 0 Å². The van der Waals surface area contributed by atoms with E-state index in [-0.39, 0.29) is 6.01 Å². The molecular weight excluding hydrogens is 378 g/mol. The maximum atomic E-state index is 7.40. The molecule has 0 fully saturated rings. The number of nitrogens with two attached hydrogens (primary N) is 1. The van der Waals surface area contributed by atoms with Gasteiger partial charge >= 0.3 is 6.01 Å². The molecule has 0 aliphatic rings. The first-order chi connectivity index (χ1) is 14.5. The third-order valence-electron chi connectivity index (χ3n) is 4.61. The highest BCUT2D eigenvalue weighted by atomic mass is 16.5. The number of aromatic nitrogens is 2. The minimum absolute atomic E-state index is 0.239. The minimum Gasteiger partial charge on any atom is -0.465 e.